The average Bonchev–Trinajstić information content (AvgIpc) is 3.03. The Morgan fingerprint density at radius 3 is 2.37 bits per heavy atom. The smallest absolute Gasteiger partial charge is 0.253 e. The van der Waals surface area contributed by atoms with Crippen molar-refractivity contribution in [3.05, 3.63) is 65.7 Å². The minimum absolute atomic E-state index is 0.0296. The average molecular weight is 386 g/mol. The van der Waals surface area contributed by atoms with Crippen molar-refractivity contribution in [3.63, 3.8) is 0 Å². The summed E-state index contributed by atoms with van der Waals surface area (Å²) in [5, 5.41) is 5.64. The molecule has 1 heterocycles. The Morgan fingerprint density at radius 2 is 1.70 bits per heavy atom. The molecule has 2 atom stereocenters. The SMILES string of the molecule is CC(NC(=O)c1ccccc1NC(=O)C1CCS(=O)(=O)C1)c1ccccc1. The van der Waals surface area contributed by atoms with E-state index in [-0.39, 0.29) is 29.4 Å². The predicted molar refractivity (Wildman–Crippen MR) is 104 cm³/mol. The number of benzene rings is 2. The van der Waals surface area contributed by atoms with Gasteiger partial charge >= 0.3 is 0 Å². The summed E-state index contributed by atoms with van der Waals surface area (Å²) < 4.78 is 23.2. The third-order valence-corrected chi connectivity index (χ3v) is 6.45. The molecular formula is C20H22N2O4S. The lowest BCUT2D eigenvalue weighted by atomic mass is 10.1. The second kappa shape index (κ2) is 7.92. The number of amides is 2. The molecule has 0 spiro atoms. The number of rotatable bonds is 5. The molecule has 2 aromatic rings. The molecular weight excluding hydrogens is 364 g/mol. The molecule has 2 unspecified atom stereocenters. The molecule has 1 saturated heterocycles. The summed E-state index contributed by atoms with van der Waals surface area (Å²) >= 11 is 0. The predicted octanol–water partition coefficient (Wildman–Crippen LogP) is 2.55. The molecule has 27 heavy (non-hydrogen) atoms. The number of hydrogen-bond donors (Lipinski definition) is 2. The van der Waals surface area contributed by atoms with Crippen molar-refractivity contribution in [1.82, 2.24) is 5.32 Å². The number of anilines is 1. The number of nitrogens with one attached hydrogen (secondary N) is 2. The van der Waals surface area contributed by atoms with Gasteiger partial charge in [0.05, 0.1) is 34.7 Å². The summed E-state index contributed by atoms with van der Waals surface area (Å²) in [6, 6.07) is 16.1. The van der Waals surface area contributed by atoms with Gasteiger partial charge in [-0.2, -0.15) is 0 Å². The molecule has 0 aromatic heterocycles. The summed E-state index contributed by atoms with van der Waals surface area (Å²) in [7, 11) is -3.15. The van der Waals surface area contributed by atoms with E-state index in [9.17, 15) is 18.0 Å². The van der Waals surface area contributed by atoms with Crippen molar-refractivity contribution in [2.24, 2.45) is 5.92 Å². The molecule has 0 radical (unpaired) electrons. The lowest BCUT2D eigenvalue weighted by Crippen LogP contribution is -2.29. The molecule has 6 nitrogen and oxygen atoms in total. The molecule has 0 aliphatic carbocycles. The second-order valence-corrected chi connectivity index (χ2v) is 8.97. The number of para-hydroxylation sites is 1. The molecule has 7 heteroatoms. The first-order valence-corrected chi connectivity index (χ1v) is 10.6. The van der Waals surface area contributed by atoms with Crippen molar-refractivity contribution in [2.45, 2.75) is 19.4 Å². The first-order chi connectivity index (χ1) is 12.9. The largest absolute Gasteiger partial charge is 0.345 e. The third kappa shape index (κ3) is 4.74. The maximum Gasteiger partial charge on any atom is 0.253 e. The van der Waals surface area contributed by atoms with Crippen LogP contribution in [0.1, 0.15) is 35.3 Å². The zero-order valence-corrected chi connectivity index (χ0v) is 15.8. The molecule has 3 rings (SSSR count). The Labute approximate surface area is 158 Å². The number of carbonyl (C=O) groups is 2. The van der Waals surface area contributed by atoms with Crippen LogP contribution in [0.5, 0.6) is 0 Å². The Bertz CT molecular complexity index is 941. The van der Waals surface area contributed by atoms with Crippen molar-refractivity contribution in [2.75, 3.05) is 16.8 Å². The molecule has 1 fully saturated rings. The van der Waals surface area contributed by atoms with Crippen molar-refractivity contribution >= 4 is 27.3 Å². The van der Waals surface area contributed by atoms with E-state index < -0.39 is 15.8 Å². The molecule has 1 aliphatic rings. The number of hydrogen-bond acceptors (Lipinski definition) is 4. The monoisotopic (exact) mass is 386 g/mol. The van der Waals surface area contributed by atoms with Gasteiger partial charge in [0.1, 0.15) is 0 Å². The fourth-order valence-electron chi connectivity index (χ4n) is 3.13. The van der Waals surface area contributed by atoms with Gasteiger partial charge in [0, 0.05) is 0 Å². The molecule has 0 saturated carbocycles. The standard InChI is InChI=1S/C20H22N2O4S/c1-14(15-7-3-2-4-8-15)21-20(24)17-9-5-6-10-18(17)22-19(23)16-11-12-27(25,26)13-16/h2-10,14,16H,11-13H2,1H3,(H,21,24)(H,22,23). The van der Waals surface area contributed by atoms with Crippen LogP contribution in [0.3, 0.4) is 0 Å². The summed E-state index contributed by atoms with van der Waals surface area (Å²) in [6.07, 6.45) is 0.313. The maximum absolute atomic E-state index is 12.7. The van der Waals surface area contributed by atoms with Crippen molar-refractivity contribution in [1.29, 1.82) is 0 Å². The van der Waals surface area contributed by atoms with Crippen molar-refractivity contribution < 1.29 is 18.0 Å². The Kier molecular flexibility index (Phi) is 5.60. The van der Waals surface area contributed by atoms with Crippen LogP contribution < -0.4 is 10.6 Å². The van der Waals surface area contributed by atoms with E-state index in [4.69, 9.17) is 0 Å². The highest BCUT2D eigenvalue weighted by Gasteiger charge is 2.33. The van der Waals surface area contributed by atoms with E-state index >= 15 is 0 Å². The second-order valence-electron chi connectivity index (χ2n) is 6.74. The van der Waals surface area contributed by atoms with Crippen LogP contribution in [0.4, 0.5) is 5.69 Å². The van der Waals surface area contributed by atoms with Gasteiger partial charge in [0.15, 0.2) is 9.84 Å². The van der Waals surface area contributed by atoms with Gasteiger partial charge in [-0.3, -0.25) is 9.59 Å². The molecule has 0 bridgehead atoms. The molecule has 2 N–H and O–H groups in total. The first kappa shape index (κ1) is 19.1. The van der Waals surface area contributed by atoms with E-state index in [1.54, 1.807) is 24.3 Å². The van der Waals surface area contributed by atoms with E-state index in [1.165, 1.54) is 0 Å². The third-order valence-electron chi connectivity index (χ3n) is 4.68. The van der Waals surface area contributed by atoms with Gasteiger partial charge in [-0.05, 0) is 31.0 Å². The van der Waals surface area contributed by atoms with Gasteiger partial charge in [-0.15, -0.1) is 0 Å². The van der Waals surface area contributed by atoms with Crippen LogP contribution in [0.25, 0.3) is 0 Å². The van der Waals surface area contributed by atoms with Gasteiger partial charge in [-0.25, -0.2) is 8.42 Å². The Morgan fingerprint density at radius 1 is 1.04 bits per heavy atom. The van der Waals surface area contributed by atoms with Gasteiger partial charge in [0.25, 0.3) is 5.91 Å². The van der Waals surface area contributed by atoms with Crippen LogP contribution in [-0.2, 0) is 14.6 Å². The lowest BCUT2D eigenvalue weighted by Gasteiger charge is -2.17. The number of carbonyl (C=O) groups excluding carboxylic acids is 2. The highest BCUT2D eigenvalue weighted by atomic mass is 32.2. The normalized spacial score (nSPS) is 19.2. The topological polar surface area (TPSA) is 92.3 Å². The van der Waals surface area contributed by atoms with Crippen LogP contribution in [0.15, 0.2) is 54.6 Å². The Hall–Kier alpha value is -2.67. The van der Waals surface area contributed by atoms with E-state index in [0.29, 0.717) is 17.7 Å². The van der Waals surface area contributed by atoms with Gasteiger partial charge in [0.2, 0.25) is 5.91 Å². The highest BCUT2D eigenvalue weighted by molar-refractivity contribution is 7.91. The minimum atomic E-state index is -3.15. The zero-order chi connectivity index (χ0) is 19.4. The van der Waals surface area contributed by atoms with E-state index in [2.05, 4.69) is 10.6 Å². The van der Waals surface area contributed by atoms with Crippen LogP contribution >= 0.6 is 0 Å². The van der Waals surface area contributed by atoms with E-state index in [0.717, 1.165) is 5.56 Å². The summed E-state index contributed by atoms with van der Waals surface area (Å²) in [6.45, 7) is 1.89. The van der Waals surface area contributed by atoms with Gasteiger partial charge < -0.3 is 10.6 Å². The first-order valence-electron chi connectivity index (χ1n) is 8.82. The van der Waals surface area contributed by atoms with Crippen LogP contribution in [-0.4, -0.2) is 31.7 Å². The zero-order valence-electron chi connectivity index (χ0n) is 15.0. The fourth-order valence-corrected chi connectivity index (χ4v) is 4.87. The molecule has 2 aromatic carbocycles. The lowest BCUT2D eigenvalue weighted by molar-refractivity contribution is -0.119. The fraction of sp³-hybridized carbons (Fsp3) is 0.300. The van der Waals surface area contributed by atoms with Crippen LogP contribution in [0, 0.1) is 5.92 Å². The summed E-state index contributed by atoms with van der Waals surface area (Å²) in [5.74, 6) is -1.36. The maximum atomic E-state index is 12.7. The minimum Gasteiger partial charge on any atom is -0.345 e. The van der Waals surface area contributed by atoms with Crippen LogP contribution in [0.2, 0.25) is 0 Å². The summed E-state index contributed by atoms with van der Waals surface area (Å²) in [5.41, 5.74) is 1.70. The van der Waals surface area contributed by atoms with Gasteiger partial charge in [-0.1, -0.05) is 42.5 Å². The molecule has 2 amide bonds. The summed E-state index contributed by atoms with van der Waals surface area (Å²) in [4.78, 5) is 25.1. The molecule has 1 aliphatic heterocycles. The molecule has 142 valence electrons. The number of sulfone groups is 1. The quantitative estimate of drug-likeness (QED) is 0.826. The van der Waals surface area contributed by atoms with Crippen molar-refractivity contribution in [3.8, 4) is 0 Å². The van der Waals surface area contributed by atoms with E-state index in [1.807, 2.05) is 37.3 Å². The highest BCUT2D eigenvalue weighted by Crippen LogP contribution is 2.23. The Balaban J connectivity index is 1.72.